The Hall–Kier alpha value is -1.28. The molecule has 2 N–H and O–H groups in total. The maximum atomic E-state index is 3.45. The molecular weight excluding hydrogens is 208 g/mol. The van der Waals surface area contributed by atoms with Gasteiger partial charge in [-0.15, -0.1) is 0 Å². The van der Waals surface area contributed by atoms with Crippen LogP contribution in [0.25, 0.3) is 10.9 Å². The minimum absolute atomic E-state index is 0.815. The van der Waals surface area contributed by atoms with Gasteiger partial charge in [-0.2, -0.15) is 0 Å². The van der Waals surface area contributed by atoms with Gasteiger partial charge in [0.05, 0.1) is 0 Å². The average molecular weight is 228 g/mol. The van der Waals surface area contributed by atoms with E-state index in [1.54, 1.807) is 0 Å². The quantitative estimate of drug-likeness (QED) is 0.812. The fourth-order valence-electron chi connectivity index (χ4n) is 2.88. The molecule has 0 aliphatic carbocycles. The Labute approximate surface area is 102 Å². The van der Waals surface area contributed by atoms with Crippen molar-refractivity contribution < 1.29 is 0 Å². The molecule has 0 bridgehead atoms. The fraction of sp³-hybridized carbons (Fsp3) is 0.467. The zero-order chi connectivity index (χ0) is 11.8. The number of nitrogens with one attached hydrogen (secondary N) is 2. The van der Waals surface area contributed by atoms with Gasteiger partial charge in [0, 0.05) is 17.1 Å². The number of hydrogen-bond donors (Lipinski definition) is 2. The lowest BCUT2D eigenvalue weighted by molar-refractivity contribution is 0.582. The van der Waals surface area contributed by atoms with Gasteiger partial charge in [0.1, 0.15) is 0 Å². The van der Waals surface area contributed by atoms with Gasteiger partial charge in [-0.05, 0) is 62.4 Å². The molecule has 2 heteroatoms. The molecule has 2 aromatic rings. The van der Waals surface area contributed by atoms with Crippen molar-refractivity contribution in [2.24, 2.45) is 5.92 Å². The highest BCUT2D eigenvalue weighted by Crippen LogP contribution is 2.26. The zero-order valence-electron chi connectivity index (χ0n) is 10.6. The first-order chi connectivity index (χ1) is 8.25. The van der Waals surface area contributed by atoms with E-state index in [-0.39, 0.29) is 0 Å². The summed E-state index contributed by atoms with van der Waals surface area (Å²) in [5.74, 6) is 0.815. The predicted molar refractivity (Wildman–Crippen MR) is 72.5 cm³/mol. The van der Waals surface area contributed by atoms with E-state index < -0.39 is 0 Å². The highest BCUT2D eigenvalue weighted by Gasteiger charge is 2.17. The summed E-state index contributed by atoms with van der Waals surface area (Å²) in [5, 5.41) is 4.86. The van der Waals surface area contributed by atoms with Crippen LogP contribution < -0.4 is 5.32 Å². The van der Waals surface area contributed by atoms with Crippen molar-refractivity contribution in [1.29, 1.82) is 0 Å². The number of aromatic amines is 1. The summed E-state index contributed by atoms with van der Waals surface area (Å²) >= 11 is 0. The lowest BCUT2D eigenvalue weighted by Crippen LogP contribution is -2.10. The SMILES string of the molecule is Cc1ccc2c(CC3CCNC3)c[nH]c2c1C. The molecule has 0 amide bonds. The lowest BCUT2D eigenvalue weighted by atomic mass is 9.97. The van der Waals surface area contributed by atoms with Crippen LogP contribution >= 0.6 is 0 Å². The van der Waals surface area contributed by atoms with E-state index in [2.05, 4.69) is 42.5 Å². The summed E-state index contributed by atoms with van der Waals surface area (Å²) < 4.78 is 0. The summed E-state index contributed by atoms with van der Waals surface area (Å²) in [7, 11) is 0. The molecule has 0 spiro atoms. The van der Waals surface area contributed by atoms with Gasteiger partial charge in [0.2, 0.25) is 0 Å². The van der Waals surface area contributed by atoms with Crippen LogP contribution in [0.4, 0.5) is 0 Å². The third-order valence-corrected chi connectivity index (χ3v) is 4.14. The zero-order valence-corrected chi connectivity index (χ0v) is 10.6. The molecule has 0 saturated carbocycles. The number of fused-ring (bicyclic) bond motifs is 1. The second-order valence-corrected chi connectivity index (χ2v) is 5.31. The van der Waals surface area contributed by atoms with Crippen molar-refractivity contribution in [2.45, 2.75) is 26.7 Å². The maximum Gasteiger partial charge on any atom is 0.0489 e. The third-order valence-electron chi connectivity index (χ3n) is 4.14. The van der Waals surface area contributed by atoms with Gasteiger partial charge in [0.25, 0.3) is 0 Å². The molecule has 17 heavy (non-hydrogen) atoms. The molecule has 3 rings (SSSR count). The molecule has 1 aromatic carbocycles. The van der Waals surface area contributed by atoms with Crippen LogP contribution in [0.2, 0.25) is 0 Å². The molecule has 90 valence electrons. The van der Waals surface area contributed by atoms with Crippen LogP contribution in [-0.4, -0.2) is 18.1 Å². The van der Waals surface area contributed by atoms with Crippen LogP contribution in [0.1, 0.15) is 23.1 Å². The second kappa shape index (κ2) is 4.19. The third kappa shape index (κ3) is 1.87. The van der Waals surface area contributed by atoms with Crippen LogP contribution in [0.15, 0.2) is 18.3 Å². The summed E-state index contributed by atoms with van der Waals surface area (Å²) in [6.45, 7) is 6.74. The minimum Gasteiger partial charge on any atom is -0.361 e. The van der Waals surface area contributed by atoms with Gasteiger partial charge in [0.15, 0.2) is 0 Å². The predicted octanol–water partition coefficient (Wildman–Crippen LogP) is 2.94. The van der Waals surface area contributed by atoms with Crippen LogP contribution in [0.5, 0.6) is 0 Å². The number of rotatable bonds is 2. The molecule has 2 heterocycles. The average Bonchev–Trinajstić information content (AvgIpc) is 2.95. The molecule has 1 aliphatic heterocycles. The topological polar surface area (TPSA) is 27.8 Å². The normalized spacial score (nSPS) is 20.2. The van der Waals surface area contributed by atoms with Crippen molar-refractivity contribution in [3.8, 4) is 0 Å². The van der Waals surface area contributed by atoms with E-state index >= 15 is 0 Å². The Balaban J connectivity index is 1.97. The monoisotopic (exact) mass is 228 g/mol. The number of aromatic nitrogens is 1. The second-order valence-electron chi connectivity index (χ2n) is 5.31. The van der Waals surface area contributed by atoms with Crippen LogP contribution in [0, 0.1) is 19.8 Å². The first-order valence-electron chi connectivity index (χ1n) is 6.52. The highest BCUT2D eigenvalue weighted by atomic mass is 14.9. The Bertz CT molecular complexity index is 533. The molecule has 1 fully saturated rings. The molecule has 1 saturated heterocycles. The Morgan fingerprint density at radius 1 is 1.29 bits per heavy atom. The summed E-state index contributed by atoms with van der Waals surface area (Å²) in [6.07, 6.45) is 4.72. The Kier molecular flexibility index (Phi) is 2.67. The molecular formula is C15H20N2. The smallest absolute Gasteiger partial charge is 0.0489 e. The summed E-state index contributed by atoms with van der Waals surface area (Å²) in [4.78, 5) is 3.45. The van der Waals surface area contributed by atoms with Gasteiger partial charge in [-0.3, -0.25) is 0 Å². The lowest BCUT2D eigenvalue weighted by Gasteiger charge is -2.07. The number of hydrogen-bond acceptors (Lipinski definition) is 1. The molecule has 0 radical (unpaired) electrons. The molecule has 1 atom stereocenters. The van der Waals surface area contributed by atoms with Gasteiger partial charge >= 0.3 is 0 Å². The molecule has 1 aromatic heterocycles. The van der Waals surface area contributed by atoms with Crippen molar-refractivity contribution in [3.63, 3.8) is 0 Å². The van der Waals surface area contributed by atoms with Crippen LogP contribution in [-0.2, 0) is 6.42 Å². The number of aryl methyl sites for hydroxylation is 2. The van der Waals surface area contributed by atoms with E-state index in [1.165, 1.54) is 53.5 Å². The van der Waals surface area contributed by atoms with Crippen molar-refractivity contribution >= 4 is 10.9 Å². The Morgan fingerprint density at radius 2 is 2.18 bits per heavy atom. The first-order valence-corrected chi connectivity index (χ1v) is 6.52. The van der Waals surface area contributed by atoms with E-state index in [0.717, 1.165) is 5.92 Å². The van der Waals surface area contributed by atoms with E-state index in [0.29, 0.717) is 0 Å². The molecule has 1 aliphatic rings. The van der Waals surface area contributed by atoms with E-state index in [1.807, 2.05) is 0 Å². The summed E-state index contributed by atoms with van der Waals surface area (Å²) in [5.41, 5.74) is 5.56. The van der Waals surface area contributed by atoms with Gasteiger partial charge in [-0.1, -0.05) is 12.1 Å². The van der Waals surface area contributed by atoms with E-state index in [9.17, 15) is 0 Å². The maximum absolute atomic E-state index is 3.45. The Morgan fingerprint density at radius 3 is 2.94 bits per heavy atom. The van der Waals surface area contributed by atoms with E-state index in [4.69, 9.17) is 0 Å². The van der Waals surface area contributed by atoms with Gasteiger partial charge in [-0.25, -0.2) is 0 Å². The molecule has 2 nitrogen and oxygen atoms in total. The minimum atomic E-state index is 0.815. The van der Waals surface area contributed by atoms with Crippen molar-refractivity contribution in [3.05, 3.63) is 35.0 Å². The fourth-order valence-corrected chi connectivity index (χ4v) is 2.88. The standard InChI is InChI=1S/C15H20N2/c1-10-3-4-14-13(7-12-5-6-16-8-12)9-17-15(14)11(10)2/h3-4,9,12,16-17H,5-8H2,1-2H3. The van der Waals surface area contributed by atoms with Crippen molar-refractivity contribution in [2.75, 3.05) is 13.1 Å². The number of benzene rings is 1. The van der Waals surface area contributed by atoms with Gasteiger partial charge < -0.3 is 10.3 Å². The molecule has 1 unspecified atom stereocenters. The highest BCUT2D eigenvalue weighted by molar-refractivity contribution is 5.86. The van der Waals surface area contributed by atoms with Crippen LogP contribution in [0.3, 0.4) is 0 Å². The largest absolute Gasteiger partial charge is 0.361 e. The summed E-state index contributed by atoms with van der Waals surface area (Å²) in [6, 6.07) is 4.51. The number of H-pyrrole nitrogens is 1. The van der Waals surface area contributed by atoms with Crippen molar-refractivity contribution in [1.82, 2.24) is 10.3 Å². The first kappa shape index (κ1) is 10.8.